The quantitative estimate of drug-likeness (QED) is 0.421. The van der Waals surface area contributed by atoms with Crippen LogP contribution in [0.2, 0.25) is 0 Å². The van der Waals surface area contributed by atoms with Gasteiger partial charge in [0.25, 0.3) is 0 Å². The molecule has 0 aliphatic carbocycles. The summed E-state index contributed by atoms with van der Waals surface area (Å²) in [4.78, 5) is 16.2. The van der Waals surface area contributed by atoms with Crippen LogP contribution in [0.25, 0.3) is 0 Å². The van der Waals surface area contributed by atoms with Gasteiger partial charge in [-0.05, 0) is 43.3 Å². The second-order valence-electron chi connectivity index (χ2n) is 5.73. The van der Waals surface area contributed by atoms with Gasteiger partial charge >= 0.3 is 0 Å². The average molecular weight is 449 g/mol. The summed E-state index contributed by atoms with van der Waals surface area (Å²) >= 11 is 3.37. The summed E-state index contributed by atoms with van der Waals surface area (Å²) in [6.45, 7) is 2.93. The number of anilines is 2. The summed E-state index contributed by atoms with van der Waals surface area (Å²) in [6, 6.07) is 13.0. The second kappa shape index (κ2) is 11.2. The van der Waals surface area contributed by atoms with E-state index in [0.717, 1.165) is 15.8 Å². The van der Waals surface area contributed by atoms with E-state index in [1.807, 2.05) is 49.4 Å². The van der Waals surface area contributed by atoms with Gasteiger partial charge in [-0.2, -0.15) is 0 Å². The molecule has 0 aliphatic heterocycles. The third-order valence-electron chi connectivity index (χ3n) is 3.72. The molecule has 0 aromatic heterocycles. The van der Waals surface area contributed by atoms with Gasteiger partial charge in [0.15, 0.2) is 17.5 Å². The molecule has 0 bridgehead atoms. The van der Waals surface area contributed by atoms with Gasteiger partial charge in [0, 0.05) is 41.9 Å². The Balaban J connectivity index is 1.84. The van der Waals surface area contributed by atoms with Crippen LogP contribution in [0.3, 0.4) is 0 Å². The molecule has 1 amide bonds. The smallest absolute Gasteiger partial charge is 0.226 e. The number of hydrogen-bond donors (Lipinski definition) is 3. The van der Waals surface area contributed by atoms with E-state index in [0.29, 0.717) is 37.0 Å². The van der Waals surface area contributed by atoms with Crippen molar-refractivity contribution in [1.82, 2.24) is 5.32 Å². The van der Waals surface area contributed by atoms with Crippen LogP contribution in [0.4, 0.5) is 11.4 Å². The van der Waals surface area contributed by atoms with Crippen molar-refractivity contribution in [3.8, 4) is 11.5 Å². The zero-order valence-corrected chi connectivity index (χ0v) is 17.8. The minimum absolute atomic E-state index is 0.0759. The fraction of sp³-hybridized carbons (Fsp3) is 0.300. The molecular formula is C20H25BrN4O3. The predicted octanol–water partition coefficient (Wildman–Crippen LogP) is 3.87. The molecule has 2 aromatic carbocycles. The summed E-state index contributed by atoms with van der Waals surface area (Å²) in [6.07, 6.45) is 0.309. The number of aliphatic imine (C=N–C) groups is 1. The molecule has 8 heteroatoms. The van der Waals surface area contributed by atoms with Gasteiger partial charge < -0.3 is 25.4 Å². The van der Waals surface area contributed by atoms with Crippen LogP contribution >= 0.6 is 15.9 Å². The second-order valence-corrected chi connectivity index (χ2v) is 6.64. The van der Waals surface area contributed by atoms with Crippen molar-refractivity contribution in [3.05, 3.63) is 46.9 Å². The van der Waals surface area contributed by atoms with Gasteiger partial charge in [-0.15, -0.1) is 0 Å². The van der Waals surface area contributed by atoms with Crippen molar-refractivity contribution < 1.29 is 14.3 Å². The minimum Gasteiger partial charge on any atom is -0.493 e. The zero-order valence-electron chi connectivity index (χ0n) is 16.2. The zero-order chi connectivity index (χ0) is 20.4. The number of rotatable bonds is 8. The summed E-state index contributed by atoms with van der Waals surface area (Å²) in [5.74, 6) is 1.80. The molecule has 0 radical (unpaired) electrons. The monoisotopic (exact) mass is 448 g/mol. The van der Waals surface area contributed by atoms with Crippen LogP contribution < -0.4 is 25.4 Å². The van der Waals surface area contributed by atoms with Crippen molar-refractivity contribution in [2.24, 2.45) is 4.99 Å². The van der Waals surface area contributed by atoms with Crippen molar-refractivity contribution in [2.75, 3.05) is 37.9 Å². The third kappa shape index (κ3) is 6.77. The predicted molar refractivity (Wildman–Crippen MR) is 117 cm³/mol. The molecule has 0 aliphatic rings. The van der Waals surface area contributed by atoms with Crippen LogP contribution in [-0.2, 0) is 4.79 Å². The van der Waals surface area contributed by atoms with Gasteiger partial charge in [-0.25, -0.2) is 0 Å². The fourth-order valence-corrected chi connectivity index (χ4v) is 2.65. The lowest BCUT2D eigenvalue weighted by molar-refractivity contribution is -0.116. The number of amides is 1. The lowest BCUT2D eigenvalue weighted by Crippen LogP contribution is -2.33. The number of benzene rings is 2. The first-order valence-electron chi connectivity index (χ1n) is 8.89. The summed E-state index contributed by atoms with van der Waals surface area (Å²) in [7, 11) is 3.27. The third-order valence-corrected chi connectivity index (χ3v) is 4.25. The van der Waals surface area contributed by atoms with Crippen molar-refractivity contribution >= 4 is 39.2 Å². The first kappa shape index (κ1) is 21.6. The lowest BCUT2D eigenvalue weighted by Gasteiger charge is -2.14. The highest BCUT2D eigenvalue weighted by Gasteiger charge is 2.08. The Kier molecular flexibility index (Phi) is 8.61. The molecule has 0 saturated carbocycles. The number of nitrogens with zero attached hydrogens (tertiary/aromatic N) is 1. The van der Waals surface area contributed by atoms with Crippen LogP contribution in [0.15, 0.2) is 51.9 Å². The van der Waals surface area contributed by atoms with Crippen LogP contribution in [-0.4, -0.2) is 39.2 Å². The number of guanidine groups is 1. The van der Waals surface area contributed by atoms with Crippen molar-refractivity contribution in [2.45, 2.75) is 13.3 Å². The largest absolute Gasteiger partial charge is 0.493 e. The van der Waals surface area contributed by atoms with E-state index in [9.17, 15) is 4.79 Å². The Morgan fingerprint density at radius 3 is 2.43 bits per heavy atom. The number of hydrogen-bond acceptors (Lipinski definition) is 4. The fourth-order valence-electron chi connectivity index (χ4n) is 2.39. The number of carbonyl (C=O) groups is 1. The number of ether oxygens (including phenoxy) is 2. The number of nitrogens with one attached hydrogen (secondary N) is 3. The Bertz CT molecular complexity index is 810. The van der Waals surface area contributed by atoms with Gasteiger partial charge in [0.05, 0.1) is 13.7 Å². The van der Waals surface area contributed by atoms with Gasteiger partial charge in [0.1, 0.15) is 0 Å². The van der Waals surface area contributed by atoms with Crippen LogP contribution in [0.1, 0.15) is 13.3 Å². The maximum Gasteiger partial charge on any atom is 0.226 e. The van der Waals surface area contributed by atoms with E-state index in [1.165, 1.54) is 0 Å². The first-order valence-corrected chi connectivity index (χ1v) is 9.69. The SMILES string of the molecule is CCOc1ccc(NC(=NC)NCCC(=O)Nc2ccc(Br)cc2)cc1OC. The standard InChI is InChI=1S/C20H25BrN4O3/c1-4-28-17-10-9-16(13-18(17)27-3)25-20(22-2)23-12-11-19(26)24-15-7-5-14(21)6-8-15/h5-10,13H,4,11-12H2,1-3H3,(H,24,26)(H2,22,23,25). The average Bonchev–Trinajstić information content (AvgIpc) is 2.70. The Morgan fingerprint density at radius 2 is 1.79 bits per heavy atom. The van der Waals surface area contributed by atoms with Crippen molar-refractivity contribution in [1.29, 1.82) is 0 Å². The van der Waals surface area contributed by atoms with Crippen LogP contribution in [0, 0.1) is 0 Å². The van der Waals surface area contributed by atoms with Gasteiger partial charge in [-0.3, -0.25) is 9.79 Å². The maximum absolute atomic E-state index is 12.1. The Hall–Kier alpha value is -2.74. The van der Waals surface area contributed by atoms with E-state index < -0.39 is 0 Å². The van der Waals surface area contributed by atoms with Crippen molar-refractivity contribution in [3.63, 3.8) is 0 Å². The summed E-state index contributed by atoms with van der Waals surface area (Å²) in [5.41, 5.74) is 1.56. The molecule has 7 nitrogen and oxygen atoms in total. The van der Waals surface area contributed by atoms with E-state index in [1.54, 1.807) is 14.2 Å². The minimum atomic E-state index is -0.0759. The lowest BCUT2D eigenvalue weighted by atomic mass is 10.2. The molecular weight excluding hydrogens is 424 g/mol. The molecule has 0 atom stereocenters. The maximum atomic E-state index is 12.1. The van der Waals surface area contributed by atoms with Crippen LogP contribution in [0.5, 0.6) is 11.5 Å². The van der Waals surface area contributed by atoms with Gasteiger partial charge in [0.2, 0.25) is 5.91 Å². The van der Waals surface area contributed by atoms with E-state index in [4.69, 9.17) is 9.47 Å². The molecule has 150 valence electrons. The first-order chi connectivity index (χ1) is 13.5. The Morgan fingerprint density at radius 1 is 1.07 bits per heavy atom. The van der Waals surface area contributed by atoms with E-state index in [2.05, 4.69) is 36.9 Å². The summed E-state index contributed by atoms with van der Waals surface area (Å²) < 4.78 is 11.8. The molecule has 0 fully saturated rings. The molecule has 2 rings (SSSR count). The highest BCUT2D eigenvalue weighted by molar-refractivity contribution is 9.10. The topological polar surface area (TPSA) is 84.0 Å². The molecule has 2 aromatic rings. The van der Waals surface area contributed by atoms with Gasteiger partial charge in [-0.1, -0.05) is 15.9 Å². The molecule has 0 unspecified atom stereocenters. The number of methoxy groups -OCH3 is 1. The molecule has 3 N–H and O–H groups in total. The van der Waals surface area contributed by atoms with E-state index in [-0.39, 0.29) is 5.91 Å². The summed E-state index contributed by atoms with van der Waals surface area (Å²) in [5, 5.41) is 9.14. The highest BCUT2D eigenvalue weighted by Crippen LogP contribution is 2.30. The number of carbonyl (C=O) groups excluding carboxylic acids is 1. The molecule has 28 heavy (non-hydrogen) atoms. The van der Waals surface area contributed by atoms with E-state index >= 15 is 0 Å². The Labute approximate surface area is 173 Å². The highest BCUT2D eigenvalue weighted by atomic mass is 79.9. The molecule has 0 heterocycles. The molecule has 0 saturated heterocycles. The number of halogens is 1. The molecule has 0 spiro atoms. The normalized spacial score (nSPS) is 10.9.